The highest BCUT2D eigenvalue weighted by molar-refractivity contribution is 5.38. The van der Waals surface area contributed by atoms with Gasteiger partial charge in [-0.05, 0) is 49.6 Å². The number of aryl methyl sites for hydroxylation is 1. The lowest BCUT2D eigenvalue weighted by molar-refractivity contribution is 0.582. The highest BCUT2D eigenvalue weighted by Crippen LogP contribution is 2.25. The molecule has 1 aromatic carbocycles. The number of aromatic nitrogens is 2. The van der Waals surface area contributed by atoms with Crippen LogP contribution in [0.1, 0.15) is 41.8 Å². The van der Waals surface area contributed by atoms with Crippen molar-refractivity contribution in [2.45, 2.75) is 33.2 Å². The summed E-state index contributed by atoms with van der Waals surface area (Å²) < 4.78 is 0. The largest absolute Gasteiger partial charge is 0.305 e. The zero-order chi connectivity index (χ0) is 13.7. The first-order valence-electron chi connectivity index (χ1n) is 6.79. The van der Waals surface area contributed by atoms with E-state index in [0.717, 1.165) is 18.7 Å². The smallest absolute Gasteiger partial charge is 0.115 e. The maximum absolute atomic E-state index is 4.41. The van der Waals surface area contributed by atoms with Crippen molar-refractivity contribution >= 4 is 0 Å². The summed E-state index contributed by atoms with van der Waals surface area (Å²) in [6.07, 6.45) is 4.52. The Morgan fingerprint density at radius 3 is 2.74 bits per heavy atom. The lowest BCUT2D eigenvalue weighted by Gasteiger charge is -2.21. The van der Waals surface area contributed by atoms with Crippen molar-refractivity contribution in [2.24, 2.45) is 0 Å². The van der Waals surface area contributed by atoms with Crippen LogP contribution in [0.5, 0.6) is 0 Å². The first kappa shape index (κ1) is 13.7. The Morgan fingerprint density at radius 1 is 1.21 bits per heavy atom. The van der Waals surface area contributed by atoms with Gasteiger partial charge in [-0.25, -0.2) is 9.97 Å². The fraction of sp³-hybridized carbons (Fsp3) is 0.375. The standard InChI is InChI=1S/C16H21N3/c1-4-9-18-16(15-8-10-17-11-19-15)14-7-5-6-12(2)13(14)3/h5-8,10-11,16,18H,4,9H2,1-3H3. The Morgan fingerprint density at radius 2 is 2.05 bits per heavy atom. The van der Waals surface area contributed by atoms with Crippen LogP contribution in [0.2, 0.25) is 0 Å². The summed E-state index contributed by atoms with van der Waals surface area (Å²) in [5, 5.41) is 3.58. The molecule has 0 fully saturated rings. The molecule has 1 aromatic heterocycles. The molecule has 2 rings (SSSR count). The van der Waals surface area contributed by atoms with E-state index in [4.69, 9.17) is 0 Å². The first-order valence-corrected chi connectivity index (χ1v) is 6.79. The molecule has 1 unspecified atom stereocenters. The molecule has 0 bridgehead atoms. The lowest BCUT2D eigenvalue weighted by atomic mass is 9.95. The van der Waals surface area contributed by atoms with Gasteiger partial charge in [0, 0.05) is 6.20 Å². The minimum absolute atomic E-state index is 0.142. The Labute approximate surface area is 115 Å². The van der Waals surface area contributed by atoms with Crippen molar-refractivity contribution in [2.75, 3.05) is 6.54 Å². The average Bonchev–Trinajstić information content (AvgIpc) is 2.45. The van der Waals surface area contributed by atoms with E-state index in [9.17, 15) is 0 Å². The third-order valence-corrected chi connectivity index (χ3v) is 3.46. The SMILES string of the molecule is CCCNC(c1ccncn1)c1cccc(C)c1C. The van der Waals surface area contributed by atoms with Crippen LogP contribution < -0.4 is 5.32 Å². The number of hydrogen-bond acceptors (Lipinski definition) is 3. The second-order valence-corrected chi connectivity index (χ2v) is 4.81. The van der Waals surface area contributed by atoms with Crippen molar-refractivity contribution < 1.29 is 0 Å². The minimum atomic E-state index is 0.142. The van der Waals surface area contributed by atoms with Crippen LogP contribution in [0.25, 0.3) is 0 Å². The third-order valence-electron chi connectivity index (χ3n) is 3.46. The third kappa shape index (κ3) is 3.18. The number of benzene rings is 1. The molecule has 1 heterocycles. The summed E-state index contributed by atoms with van der Waals surface area (Å²) in [4.78, 5) is 8.41. The van der Waals surface area contributed by atoms with Crippen LogP contribution in [0.3, 0.4) is 0 Å². The van der Waals surface area contributed by atoms with E-state index in [2.05, 4.69) is 54.3 Å². The quantitative estimate of drug-likeness (QED) is 0.891. The van der Waals surface area contributed by atoms with Crippen LogP contribution in [0.4, 0.5) is 0 Å². The molecule has 0 radical (unpaired) electrons. The molecule has 0 amide bonds. The van der Waals surface area contributed by atoms with E-state index in [1.165, 1.54) is 16.7 Å². The van der Waals surface area contributed by atoms with Crippen molar-refractivity contribution in [3.63, 3.8) is 0 Å². The number of nitrogens with one attached hydrogen (secondary N) is 1. The topological polar surface area (TPSA) is 37.8 Å². The van der Waals surface area contributed by atoms with Crippen LogP contribution in [0.15, 0.2) is 36.8 Å². The van der Waals surface area contributed by atoms with Gasteiger partial charge in [0.2, 0.25) is 0 Å². The maximum Gasteiger partial charge on any atom is 0.115 e. The molecule has 19 heavy (non-hydrogen) atoms. The molecule has 3 heteroatoms. The highest BCUT2D eigenvalue weighted by Gasteiger charge is 2.17. The number of rotatable bonds is 5. The zero-order valence-corrected chi connectivity index (χ0v) is 11.9. The van der Waals surface area contributed by atoms with Gasteiger partial charge in [-0.1, -0.05) is 25.1 Å². The summed E-state index contributed by atoms with van der Waals surface area (Å²) in [5.41, 5.74) is 4.97. The van der Waals surface area contributed by atoms with E-state index in [0.29, 0.717) is 0 Å². The summed E-state index contributed by atoms with van der Waals surface area (Å²) in [6, 6.07) is 8.56. The normalized spacial score (nSPS) is 12.4. The van der Waals surface area contributed by atoms with Crippen LogP contribution >= 0.6 is 0 Å². The molecule has 3 nitrogen and oxygen atoms in total. The number of hydrogen-bond donors (Lipinski definition) is 1. The summed E-state index contributed by atoms with van der Waals surface area (Å²) >= 11 is 0. The second-order valence-electron chi connectivity index (χ2n) is 4.81. The fourth-order valence-corrected chi connectivity index (χ4v) is 2.22. The van der Waals surface area contributed by atoms with Gasteiger partial charge in [0.15, 0.2) is 0 Å². The van der Waals surface area contributed by atoms with E-state index in [1.807, 2.05) is 6.07 Å². The predicted octanol–water partition coefficient (Wildman–Crippen LogP) is 3.18. The Kier molecular flexibility index (Phi) is 4.63. The molecule has 1 atom stereocenters. The van der Waals surface area contributed by atoms with Gasteiger partial charge >= 0.3 is 0 Å². The van der Waals surface area contributed by atoms with Gasteiger partial charge in [-0.2, -0.15) is 0 Å². The van der Waals surface area contributed by atoms with E-state index in [1.54, 1.807) is 12.5 Å². The first-order chi connectivity index (χ1) is 9.24. The van der Waals surface area contributed by atoms with Crippen LogP contribution in [-0.4, -0.2) is 16.5 Å². The fourth-order valence-electron chi connectivity index (χ4n) is 2.22. The Balaban J connectivity index is 2.40. The zero-order valence-electron chi connectivity index (χ0n) is 11.9. The number of nitrogens with zero attached hydrogens (tertiary/aromatic N) is 2. The molecule has 0 saturated heterocycles. The highest BCUT2D eigenvalue weighted by atomic mass is 15.0. The van der Waals surface area contributed by atoms with E-state index in [-0.39, 0.29) is 6.04 Å². The molecule has 0 saturated carbocycles. The van der Waals surface area contributed by atoms with Gasteiger partial charge in [-0.15, -0.1) is 0 Å². The van der Waals surface area contributed by atoms with Gasteiger partial charge in [0.05, 0.1) is 11.7 Å². The van der Waals surface area contributed by atoms with Crippen LogP contribution in [-0.2, 0) is 0 Å². The van der Waals surface area contributed by atoms with Crippen molar-refractivity contribution in [1.29, 1.82) is 0 Å². The molecule has 0 aliphatic rings. The molecule has 2 aromatic rings. The second kappa shape index (κ2) is 6.43. The van der Waals surface area contributed by atoms with E-state index < -0.39 is 0 Å². The Hall–Kier alpha value is -1.74. The molecule has 1 N–H and O–H groups in total. The van der Waals surface area contributed by atoms with Crippen molar-refractivity contribution in [1.82, 2.24) is 15.3 Å². The van der Waals surface area contributed by atoms with Gasteiger partial charge in [-0.3, -0.25) is 0 Å². The predicted molar refractivity (Wildman–Crippen MR) is 78.1 cm³/mol. The van der Waals surface area contributed by atoms with Crippen molar-refractivity contribution in [3.05, 3.63) is 59.2 Å². The van der Waals surface area contributed by atoms with Gasteiger partial charge in [0.25, 0.3) is 0 Å². The van der Waals surface area contributed by atoms with Crippen LogP contribution in [0, 0.1) is 13.8 Å². The maximum atomic E-state index is 4.41. The monoisotopic (exact) mass is 255 g/mol. The summed E-state index contributed by atoms with van der Waals surface area (Å²) in [6.45, 7) is 7.47. The van der Waals surface area contributed by atoms with Gasteiger partial charge in [0.1, 0.15) is 6.33 Å². The average molecular weight is 255 g/mol. The van der Waals surface area contributed by atoms with E-state index >= 15 is 0 Å². The molecule has 0 spiro atoms. The molecule has 100 valence electrons. The van der Waals surface area contributed by atoms with Gasteiger partial charge < -0.3 is 5.32 Å². The molecular weight excluding hydrogens is 234 g/mol. The molecule has 0 aliphatic heterocycles. The summed E-state index contributed by atoms with van der Waals surface area (Å²) in [5.74, 6) is 0. The summed E-state index contributed by atoms with van der Waals surface area (Å²) in [7, 11) is 0. The molecule has 0 aliphatic carbocycles. The lowest BCUT2D eigenvalue weighted by Crippen LogP contribution is -2.25. The molecular formula is C16H21N3. The van der Waals surface area contributed by atoms with Crippen molar-refractivity contribution in [3.8, 4) is 0 Å². The Bertz CT molecular complexity index is 523. The minimum Gasteiger partial charge on any atom is -0.305 e.